The van der Waals surface area contributed by atoms with Gasteiger partial charge in [0.15, 0.2) is 0 Å². The molecule has 3 nitrogen and oxygen atoms in total. The summed E-state index contributed by atoms with van der Waals surface area (Å²) in [6, 6.07) is 0. The first-order valence-corrected chi connectivity index (χ1v) is 5.13. The van der Waals surface area contributed by atoms with Crippen molar-refractivity contribution < 1.29 is 14.6 Å². The Morgan fingerprint density at radius 1 is 1.31 bits per heavy atom. The van der Waals surface area contributed by atoms with Crippen LogP contribution in [0.1, 0.15) is 38.5 Å². The summed E-state index contributed by atoms with van der Waals surface area (Å²) >= 11 is 0. The molecule has 2 aliphatic rings. The summed E-state index contributed by atoms with van der Waals surface area (Å²) in [6.07, 6.45) is 6.31. The zero-order valence-corrected chi connectivity index (χ0v) is 7.74. The Labute approximate surface area is 78.1 Å². The third kappa shape index (κ3) is 2.44. The topological polar surface area (TPSA) is 46.5 Å². The Kier molecular flexibility index (Phi) is 2.54. The van der Waals surface area contributed by atoms with Crippen molar-refractivity contribution in [3.63, 3.8) is 0 Å². The molecule has 2 fully saturated rings. The van der Waals surface area contributed by atoms with Gasteiger partial charge in [-0.2, -0.15) is 0 Å². The van der Waals surface area contributed by atoms with Crippen LogP contribution in [0, 0.1) is 5.92 Å². The van der Waals surface area contributed by atoms with Crippen molar-refractivity contribution in [3.05, 3.63) is 0 Å². The Balaban J connectivity index is 1.80. The summed E-state index contributed by atoms with van der Waals surface area (Å²) in [7, 11) is 0. The highest BCUT2D eigenvalue weighted by Gasteiger charge is 2.35. The van der Waals surface area contributed by atoms with E-state index in [4.69, 9.17) is 9.84 Å². The predicted molar refractivity (Wildman–Crippen MR) is 47.5 cm³/mol. The van der Waals surface area contributed by atoms with E-state index in [1.54, 1.807) is 0 Å². The molecule has 0 bridgehead atoms. The molecule has 0 spiro atoms. The Morgan fingerprint density at radius 3 is 2.69 bits per heavy atom. The second-order valence-corrected chi connectivity index (χ2v) is 4.16. The number of carbonyl (C=O) groups is 1. The quantitative estimate of drug-likeness (QED) is 0.727. The highest BCUT2D eigenvalue weighted by Crippen LogP contribution is 2.39. The van der Waals surface area contributed by atoms with Gasteiger partial charge in [-0.25, -0.2) is 0 Å². The molecule has 0 radical (unpaired) electrons. The molecule has 0 amide bonds. The summed E-state index contributed by atoms with van der Waals surface area (Å²) < 4.78 is 5.74. The highest BCUT2D eigenvalue weighted by molar-refractivity contribution is 5.67. The molecule has 0 aromatic rings. The van der Waals surface area contributed by atoms with Gasteiger partial charge < -0.3 is 9.84 Å². The maximum absolute atomic E-state index is 10.5. The van der Waals surface area contributed by atoms with Crippen LogP contribution in [0.15, 0.2) is 0 Å². The summed E-state index contributed by atoms with van der Waals surface area (Å²) in [6.45, 7) is 0. The van der Waals surface area contributed by atoms with Gasteiger partial charge in [0.25, 0.3) is 0 Å². The van der Waals surface area contributed by atoms with Gasteiger partial charge in [0.1, 0.15) is 0 Å². The fourth-order valence-corrected chi connectivity index (χ4v) is 2.09. The van der Waals surface area contributed by atoms with Crippen molar-refractivity contribution in [1.82, 2.24) is 0 Å². The number of aliphatic carboxylic acids is 1. The van der Waals surface area contributed by atoms with E-state index in [9.17, 15) is 4.79 Å². The SMILES string of the molecule is O=C(O)CC1CCCC(C2CC2)O1. The van der Waals surface area contributed by atoms with Gasteiger partial charge in [-0.1, -0.05) is 0 Å². The van der Waals surface area contributed by atoms with Crippen LogP contribution in [-0.4, -0.2) is 23.3 Å². The van der Waals surface area contributed by atoms with E-state index >= 15 is 0 Å². The first kappa shape index (κ1) is 9.00. The van der Waals surface area contributed by atoms with Crippen molar-refractivity contribution in [2.45, 2.75) is 50.7 Å². The van der Waals surface area contributed by atoms with Crippen LogP contribution in [0.5, 0.6) is 0 Å². The van der Waals surface area contributed by atoms with Crippen LogP contribution in [-0.2, 0) is 9.53 Å². The van der Waals surface area contributed by atoms with Crippen molar-refractivity contribution in [1.29, 1.82) is 0 Å². The minimum atomic E-state index is -0.735. The molecule has 1 N–H and O–H groups in total. The summed E-state index contributed by atoms with van der Waals surface area (Å²) in [5.74, 6) is 0.0121. The first-order valence-electron chi connectivity index (χ1n) is 5.13. The molecule has 74 valence electrons. The molecule has 1 saturated heterocycles. The lowest BCUT2D eigenvalue weighted by Crippen LogP contribution is -2.30. The minimum absolute atomic E-state index is 0.0168. The number of carboxylic acids is 1. The predicted octanol–water partition coefficient (Wildman–Crippen LogP) is 1.81. The Hall–Kier alpha value is -0.570. The van der Waals surface area contributed by atoms with Crippen LogP contribution in [0.3, 0.4) is 0 Å². The molecule has 2 atom stereocenters. The highest BCUT2D eigenvalue weighted by atomic mass is 16.5. The van der Waals surface area contributed by atoms with Gasteiger partial charge in [0.05, 0.1) is 18.6 Å². The summed E-state index contributed by atoms with van der Waals surface area (Å²) in [5.41, 5.74) is 0. The maximum Gasteiger partial charge on any atom is 0.305 e. The molecule has 1 aliphatic carbocycles. The van der Waals surface area contributed by atoms with E-state index in [0.29, 0.717) is 6.10 Å². The molecular formula is C10H16O3. The molecule has 2 unspecified atom stereocenters. The molecule has 1 saturated carbocycles. The van der Waals surface area contributed by atoms with Crippen molar-refractivity contribution in [2.24, 2.45) is 5.92 Å². The molecule has 1 heterocycles. The maximum atomic E-state index is 10.5. The molecular weight excluding hydrogens is 168 g/mol. The number of carboxylic acid groups (broad SMARTS) is 1. The minimum Gasteiger partial charge on any atom is -0.481 e. The first-order chi connectivity index (χ1) is 6.25. The smallest absolute Gasteiger partial charge is 0.305 e. The molecule has 1 aliphatic heterocycles. The van der Waals surface area contributed by atoms with Crippen LogP contribution in [0.2, 0.25) is 0 Å². The van der Waals surface area contributed by atoms with E-state index in [1.807, 2.05) is 0 Å². The average molecular weight is 184 g/mol. The standard InChI is InChI=1S/C10H16O3/c11-10(12)6-8-2-1-3-9(13-8)7-4-5-7/h7-9H,1-6H2,(H,11,12). The summed E-state index contributed by atoms with van der Waals surface area (Å²) in [5, 5.41) is 8.63. The van der Waals surface area contributed by atoms with Gasteiger partial charge in [0.2, 0.25) is 0 Å². The van der Waals surface area contributed by atoms with E-state index < -0.39 is 5.97 Å². The van der Waals surface area contributed by atoms with Crippen LogP contribution in [0.25, 0.3) is 0 Å². The van der Waals surface area contributed by atoms with E-state index in [1.165, 1.54) is 12.8 Å². The Morgan fingerprint density at radius 2 is 2.08 bits per heavy atom. The van der Waals surface area contributed by atoms with E-state index in [2.05, 4.69) is 0 Å². The average Bonchev–Trinajstić information content (AvgIpc) is 2.85. The normalized spacial score (nSPS) is 34.5. The zero-order valence-electron chi connectivity index (χ0n) is 7.74. The summed E-state index contributed by atoms with van der Waals surface area (Å²) in [4.78, 5) is 10.5. The lowest BCUT2D eigenvalue weighted by atomic mass is 9.99. The Bertz CT molecular complexity index is 198. The number of ether oxygens (including phenoxy) is 1. The number of rotatable bonds is 3. The molecule has 13 heavy (non-hydrogen) atoms. The van der Waals surface area contributed by atoms with Crippen LogP contribution >= 0.6 is 0 Å². The van der Waals surface area contributed by atoms with Crippen LogP contribution in [0.4, 0.5) is 0 Å². The lowest BCUT2D eigenvalue weighted by Gasteiger charge is -2.29. The molecule has 3 heteroatoms. The number of hydrogen-bond donors (Lipinski definition) is 1. The lowest BCUT2D eigenvalue weighted by molar-refractivity contribution is -0.143. The van der Waals surface area contributed by atoms with Gasteiger partial charge in [0, 0.05) is 0 Å². The second kappa shape index (κ2) is 3.66. The monoisotopic (exact) mass is 184 g/mol. The van der Waals surface area contributed by atoms with Gasteiger partial charge in [-0.3, -0.25) is 4.79 Å². The fraction of sp³-hybridized carbons (Fsp3) is 0.900. The molecule has 2 rings (SSSR count). The molecule has 0 aromatic carbocycles. The van der Waals surface area contributed by atoms with Crippen molar-refractivity contribution >= 4 is 5.97 Å². The van der Waals surface area contributed by atoms with Crippen molar-refractivity contribution in [2.75, 3.05) is 0 Å². The van der Waals surface area contributed by atoms with E-state index in [0.717, 1.165) is 25.2 Å². The molecule has 0 aromatic heterocycles. The van der Waals surface area contributed by atoms with Gasteiger partial charge in [-0.05, 0) is 38.0 Å². The number of hydrogen-bond acceptors (Lipinski definition) is 2. The van der Waals surface area contributed by atoms with Crippen molar-refractivity contribution in [3.8, 4) is 0 Å². The third-order valence-electron chi connectivity index (χ3n) is 2.93. The van der Waals surface area contributed by atoms with E-state index in [-0.39, 0.29) is 12.5 Å². The van der Waals surface area contributed by atoms with Crippen LogP contribution < -0.4 is 0 Å². The largest absolute Gasteiger partial charge is 0.481 e. The van der Waals surface area contributed by atoms with Gasteiger partial charge >= 0.3 is 5.97 Å². The third-order valence-corrected chi connectivity index (χ3v) is 2.93. The zero-order chi connectivity index (χ0) is 9.26. The van der Waals surface area contributed by atoms with Gasteiger partial charge in [-0.15, -0.1) is 0 Å². The fourth-order valence-electron chi connectivity index (χ4n) is 2.09. The second-order valence-electron chi connectivity index (χ2n) is 4.16.